The summed E-state index contributed by atoms with van der Waals surface area (Å²) in [5.74, 6) is -0.723. The highest BCUT2D eigenvalue weighted by molar-refractivity contribution is 5.85. The van der Waals surface area contributed by atoms with Crippen LogP contribution >= 0.6 is 12.4 Å². The molecule has 0 aliphatic carbocycles. The number of nitrogens with two attached hydrogens (primary N) is 1. The third kappa shape index (κ3) is 5.77. The predicted molar refractivity (Wildman–Crippen MR) is 111 cm³/mol. The monoisotopic (exact) mass is 406 g/mol. The van der Waals surface area contributed by atoms with Gasteiger partial charge in [-0.1, -0.05) is 49.4 Å². The molecule has 6 heteroatoms. The molecule has 3 atom stereocenters. The second kappa shape index (κ2) is 10.6. The van der Waals surface area contributed by atoms with Crippen molar-refractivity contribution in [3.63, 3.8) is 0 Å². The average molecular weight is 407 g/mol. The molecule has 1 saturated heterocycles. The molecule has 0 spiro atoms. The number of nitrogens with zero attached hydrogens (tertiary/aromatic N) is 1. The van der Waals surface area contributed by atoms with Crippen molar-refractivity contribution in [2.75, 3.05) is 13.2 Å². The zero-order chi connectivity index (χ0) is 19.2. The van der Waals surface area contributed by atoms with E-state index in [1.807, 2.05) is 43.3 Å². The molecule has 152 valence electrons. The highest BCUT2D eigenvalue weighted by atomic mass is 35.5. The van der Waals surface area contributed by atoms with Crippen LogP contribution in [0.4, 0.5) is 4.39 Å². The third-order valence-corrected chi connectivity index (χ3v) is 5.13. The van der Waals surface area contributed by atoms with Gasteiger partial charge in [-0.25, -0.2) is 4.39 Å². The van der Waals surface area contributed by atoms with Gasteiger partial charge in [0.05, 0.1) is 12.0 Å². The quantitative estimate of drug-likeness (QED) is 0.753. The summed E-state index contributed by atoms with van der Waals surface area (Å²) in [5, 5.41) is 0. The summed E-state index contributed by atoms with van der Waals surface area (Å²) in [4.78, 5) is 15.0. The number of amides is 1. The number of halogens is 2. The summed E-state index contributed by atoms with van der Waals surface area (Å²) in [6.07, 6.45) is 1.97. The Labute approximate surface area is 172 Å². The van der Waals surface area contributed by atoms with E-state index in [2.05, 4.69) is 0 Å². The minimum absolute atomic E-state index is 0. The number of benzene rings is 2. The smallest absolute Gasteiger partial charge is 0.227 e. The molecule has 0 radical (unpaired) electrons. The molecule has 4 nitrogen and oxygen atoms in total. The Balaban J connectivity index is 0.00000280. The fourth-order valence-corrected chi connectivity index (χ4v) is 3.53. The lowest BCUT2D eigenvalue weighted by atomic mass is 9.94. The number of hydrogen-bond donors (Lipinski definition) is 1. The van der Waals surface area contributed by atoms with Crippen molar-refractivity contribution in [3.8, 4) is 0 Å². The van der Waals surface area contributed by atoms with Crippen LogP contribution in [0.25, 0.3) is 0 Å². The Morgan fingerprint density at radius 2 is 2.00 bits per heavy atom. The summed E-state index contributed by atoms with van der Waals surface area (Å²) >= 11 is 0. The zero-order valence-corrected chi connectivity index (χ0v) is 16.9. The fraction of sp³-hybridized carbons (Fsp3) is 0.409. The first-order chi connectivity index (χ1) is 13.0. The first-order valence-electron chi connectivity index (χ1n) is 9.50. The number of ether oxygens (including phenoxy) is 1. The van der Waals surface area contributed by atoms with Crippen molar-refractivity contribution in [3.05, 3.63) is 71.5 Å². The Hall–Kier alpha value is -1.95. The van der Waals surface area contributed by atoms with Crippen LogP contribution in [0, 0.1) is 11.7 Å². The second-order valence-electron chi connectivity index (χ2n) is 7.21. The summed E-state index contributed by atoms with van der Waals surface area (Å²) in [5.41, 5.74) is 8.06. The topological polar surface area (TPSA) is 55.6 Å². The summed E-state index contributed by atoms with van der Waals surface area (Å²) < 4.78 is 19.3. The van der Waals surface area contributed by atoms with Gasteiger partial charge in [0, 0.05) is 25.7 Å². The Morgan fingerprint density at radius 1 is 1.25 bits per heavy atom. The molecule has 2 aromatic carbocycles. The molecule has 1 aliphatic heterocycles. The average Bonchev–Trinajstić information content (AvgIpc) is 3.19. The Kier molecular flexibility index (Phi) is 8.42. The standard InChI is InChI=1S/C22H27FN2O2.ClH/c1-16(21(24)18-8-3-2-4-9-18)22(26)25(15-20-11-6-12-27-20)14-17-7-5-10-19(23)13-17;/h2-5,7-10,13,16,20-21H,6,11-12,14-15,24H2,1H3;1H. The van der Waals surface area contributed by atoms with Gasteiger partial charge in [-0.2, -0.15) is 0 Å². The van der Waals surface area contributed by atoms with Crippen LogP contribution in [-0.2, 0) is 16.1 Å². The molecule has 3 rings (SSSR count). The van der Waals surface area contributed by atoms with E-state index < -0.39 is 6.04 Å². The SMILES string of the molecule is CC(C(=O)N(Cc1cccc(F)c1)CC1CCCO1)C(N)c1ccccc1.Cl. The summed E-state index contributed by atoms with van der Waals surface area (Å²) in [6, 6.07) is 15.6. The summed E-state index contributed by atoms with van der Waals surface area (Å²) in [6.45, 7) is 3.43. The fourth-order valence-electron chi connectivity index (χ4n) is 3.53. The van der Waals surface area contributed by atoms with Crippen LogP contribution in [0.2, 0.25) is 0 Å². The van der Waals surface area contributed by atoms with Gasteiger partial charge in [-0.15, -0.1) is 12.4 Å². The van der Waals surface area contributed by atoms with Gasteiger partial charge in [-0.05, 0) is 36.1 Å². The zero-order valence-electron chi connectivity index (χ0n) is 16.1. The van der Waals surface area contributed by atoms with E-state index in [0.717, 1.165) is 30.6 Å². The van der Waals surface area contributed by atoms with Gasteiger partial charge in [0.15, 0.2) is 0 Å². The van der Waals surface area contributed by atoms with Crippen molar-refractivity contribution in [1.29, 1.82) is 0 Å². The van der Waals surface area contributed by atoms with Gasteiger partial charge in [0.1, 0.15) is 5.82 Å². The Bertz CT molecular complexity index is 753. The van der Waals surface area contributed by atoms with Crippen molar-refractivity contribution in [1.82, 2.24) is 4.90 Å². The Morgan fingerprint density at radius 3 is 2.64 bits per heavy atom. The minimum atomic E-state index is -0.391. The number of hydrogen-bond acceptors (Lipinski definition) is 3. The maximum Gasteiger partial charge on any atom is 0.227 e. The van der Waals surface area contributed by atoms with Crippen LogP contribution in [0.3, 0.4) is 0 Å². The van der Waals surface area contributed by atoms with Crippen LogP contribution in [0.15, 0.2) is 54.6 Å². The lowest BCUT2D eigenvalue weighted by molar-refractivity contribution is -0.138. The molecule has 2 aromatic rings. The first-order valence-corrected chi connectivity index (χ1v) is 9.50. The number of rotatable bonds is 7. The van der Waals surface area contributed by atoms with Gasteiger partial charge in [0.25, 0.3) is 0 Å². The number of carbonyl (C=O) groups is 1. The van der Waals surface area contributed by atoms with Gasteiger partial charge < -0.3 is 15.4 Å². The molecule has 2 N–H and O–H groups in total. The van der Waals surface area contributed by atoms with E-state index in [1.165, 1.54) is 12.1 Å². The van der Waals surface area contributed by atoms with Gasteiger partial charge >= 0.3 is 0 Å². The van der Waals surface area contributed by atoms with Crippen molar-refractivity contribution < 1.29 is 13.9 Å². The molecule has 1 heterocycles. The first kappa shape index (κ1) is 22.3. The van der Waals surface area contributed by atoms with Crippen LogP contribution < -0.4 is 5.73 Å². The van der Waals surface area contributed by atoms with Crippen LogP contribution in [-0.4, -0.2) is 30.1 Å². The summed E-state index contributed by atoms with van der Waals surface area (Å²) in [7, 11) is 0. The van der Waals surface area contributed by atoms with E-state index in [1.54, 1.807) is 11.0 Å². The highest BCUT2D eigenvalue weighted by Crippen LogP contribution is 2.23. The molecular weight excluding hydrogens is 379 g/mol. The normalized spacial score (nSPS) is 18.2. The largest absolute Gasteiger partial charge is 0.376 e. The number of carbonyl (C=O) groups excluding carboxylic acids is 1. The maximum absolute atomic E-state index is 13.6. The van der Waals surface area contributed by atoms with E-state index in [9.17, 15) is 9.18 Å². The third-order valence-electron chi connectivity index (χ3n) is 5.13. The molecule has 3 unspecified atom stereocenters. The van der Waals surface area contributed by atoms with E-state index in [-0.39, 0.29) is 36.2 Å². The second-order valence-corrected chi connectivity index (χ2v) is 7.21. The molecular formula is C22H28ClFN2O2. The van der Waals surface area contributed by atoms with Crippen molar-refractivity contribution >= 4 is 18.3 Å². The van der Waals surface area contributed by atoms with Crippen molar-refractivity contribution in [2.24, 2.45) is 11.7 Å². The lowest BCUT2D eigenvalue weighted by Crippen LogP contribution is -2.42. The van der Waals surface area contributed by atoms with Gasteiger partial charge in [0.2, 0.25) is 5.91 Å². The predicted octanol–water partition coefficient (Wildman–Crippen LogP) is 4.09. The molecule has 0 bridgehead atoms. The van der Waals surface area contributed by atoms with Crippen LogP contribution in [0.1, 0.15) is 36.9 Å². The van der Waals surface area contributed by atoms with Crippen molar-refractivity contribution in [2.45, 2.75) is 38.5 Å². The van der Waals surface area contributed by atoms with Crippen LogP contribution in [0.5, 0.6) is 0 Å². The van der Waals surface area contributed by atoms with E-state index >= 15 is 0 Å². The molecule has 1 aliphatic rings. The minimum Gasteiger partial charge on any atom is -0.376 e. The molecule has 0 saturated carbocycles. The molecule has 28 heavy (non-hydrogen) atoms. The highest BCUT2D eigenvalue weighted by Gasteiger charge is 2.29. The molecule has 1 amide bonds. The van der Waals surface area contributed by atoms with E-state index in [0.29, 0.717) is 13.1 Å². The molecule has 1 fully saturated rings. The van der Waals surface area contributed by atoms with Gasteiger partial charge in [-0.3, -0.25) is 4.79 Å². The molecule has 0 aromatic heterocycles. The maximum atomic E-state index is 13.6. The van der Waals surface area contributed by atoms with E-state index in [4.69, 9.17) is 10.5 Å². The lowest BCUT2D eigenvalue weighted by Gasteiger charge is -2.30.